The van der Waals surface area contributed by atoms with Gasteiger partial charge in [0.15, 0.2) is 23.1 Å². The molecule has 7 rings (SSSR count). The Kier molecular flexibility index (Phi) is 7.39. The van der Waals surface area contributed by atoms with Crippen molar-refractivity contribution < 1.29 is 19.1 Å². The van der Waals surface area contributed by atoms with E-state index in [-0.39, 0.29) is 23.4 Å². The van der Waals surface area contributed by atoms with Crippen LogP contribution in [0.5, 0.6) is 11.5 Å². The molecular formula is C39H35NO4. The molecule has 0 saturated carbocycles. The van der Waals surface area contributed by atoms with Gasteiger partial charge in [-0.15, -0.1) is 0 Å². The summed E-state index contributed by atoms with van der Waals surface area (Å²) in [6, 6.07) is 36.6. The first-order chi connectivity index (χ1) is 21.6. The average molecular weight is 582 g/mol. The molecule has 0 amide bonds. The van der Waals surface area contributed by atoms with E-state index in [1.54, 1.807) is 14.2 Å². The van der Waals surface area contributed by atoms with E-state index in [9.17, 15) is 9.59 Å². The van der Waals surface area contributed by atoms with Gasteiger partial charge in [-0.3, -0.25) is 9.59 Å². The van der Waals surface area contributed by atoms with E-state index in [0.717, 1.165) is 44.9 Å². The van der Waals surface area contributed by atoms with Crippen LogP contribution >= 0.6 is 0 Å². The summed E-state index contributed by atoms with van der Waals surface area (Å²) in [7, 11) is 3.22. The number of hydrogen-bond acceptors (Lipinski definition) is 5. The summed E-state index contributed by atoms with van der Waals surface area (Å²) in [5, 5.41) is 0. The lowest BCUT2D eigenvalue weighted by Gasteiger charge is -2.46. The molecule has 0 N–H and O–H groups in total. The molecule has 3 aliphatic rings. The number of rotatable bonds is 6. The van der Waals surface area contributed by atoms with Crippen molar-refractivity contribution >= 4 is 17.3 Å². The standard InChI is InChI=1S/C39H35NO4/c1-43-35-19-18-27(24-36(35)44-2)37-38-31(20-28(22-33(38)41)25-12-6-3-7-13-25)40(30-16-10-5-11-17-30)32-21-29(23-34(42)39(32)37)26-14-8-4-9-15-26/h3-19,24,28-29,37H,20-23H2,1-2H3. The zero-order valence-corrected chi connectivity index (χ0v) is 25.0. The van der Waals surface area contributed by atoms with Gasteiger partial charge >= 0.3 is 0 Å². The fourth-order valence-corrected chi connectivity index (χ4v) is 7.38. The number of Topliss-reactive ketones (excluding diaryl/α,β-unsaturated/α-hetero) is 2. The minimum Gasteiger partial charge on any atom is -0.493 e. The van der Waals surface area contributed by atoms with E-state index in [4.69, 9.17) is 9.47 Å². The number of carbonyl (C=O) groups excluding carboxylic acids is 2. The highest BCUT2D eigenvalue weighted by molar-refractivity contribution is 6.08. The number of carbonyl (C=O) groups is 2. The summed E-state index contributed by atoms with van der Waals surface area (Å²) in [6.45, 7) is 0. The summed E-state index contributed by atoms with van der Waals surface area (Å²) >= 11 is 0. The number of nitrogens with zero attached hydrogens (tertiary/aromatic N) is 1. The lowest BCUT2D eigenvalue weighted by molar-refractivity contribution is -0.117. The number of anilines is 1. The molecule has 4 aromatic carbocycles. The predicted molar refractivity (Wildman–Crippen MR) is 172 cm³/mol. The molecule has 1 aliphatic heterocycles. The molecule has 0 radical (unpaired) electrons. The Bertz CT molecular complexity index is 1690. The second-order valence-electron chi connectivity index (χ2n) is 11.8. The topological polar surface area (TPSA) is 55.8 Å². The number of hydrogen-bond donors (Lipinski definition) is 0. The van der Waals surface area contributed by atoms with Crippen LogP contribution < -0.4 is 14.4 Å². The first-order valence-corrected chi connectivity index (χ1v) is 15.3. The van der Waals surface area contributed by atoms with Crippen molar-refractivity contribution in [2.75, 3.05) is 19.1 Å². The minimum absolute atomic E-state index is 0.0473. The first kappa shape index (κ1) is 27.9. The molecule has 0 spiro atoms. The van der Waals surface area contributed by atoms with Gasteiger partial charge in [-0.05, 0) is 65.6 Å². The zero-order chi connectivity index (χ0) is 30.2. The lowest BCUT2D eigenvalue weighted by Crippen LogP contribution is -2.41. The molecule has 44 heavy (non-hydrogen) atoms. The number of para-hydroxylation sites is 1. The van der Waals surface area contributed by atoms with Crippen molar-refractivity contribution in [2.24, 2.45) is 0 Å². The normalized spacial score (nSPS) is 21.6. The molecule has 0 bridgehead atoms. The molecule has 2 atom stereocenters. The van der Waals surface area contributed by atoms with Crippen molar-refractivity contribution in [3.05, 3.63) is 148 Å². The van der Waals surface area contributed by atoms with Crippen molar-refractivity contribution in [3.8, 4) is 11.5 Å². The predicted octanol–water partition coefficient (Wildman–Crippen LogP) is 8.11. The summed E-state index contributed by atoms with van der Waals surface area (Å²) in [5.74, 6) is 0.983. The Labute approximate surface area is 258 Å². The fraction of sp³-hybridized carbons (Fsp3) is 0.231. The lowest BCUT2D eigenvalue weighted by atomic mass is 9.66. The number of ether oxygens (including phenoxy) is 2. The molecule has 5 nitrogen and oxygen atoms in total. The number of ketones is 2. The van der Waals surface area contributed by atoms with Gasteiger partial charge in [0.2, 0.25) is 0 Å². The minimum atomic E-state index is -0.479. The van der Waals surface area contributed by atoms with Gasteiger partial charge in [-0.25, -0.2) is 0 Å². The maximum absolute atomic E-state index is 14.4. The smallest absolute Gasteiger partial charge is 0.162 e. The van der Waals surface area contributed by atoms with Gasteiger partial charge in [0.05, 0.1) is 14.2 Å². The molecule has 1 heterocycles. The fourth-order valence-electron chi connectivity index (χ4n) is 7.38. The molecule has 2 unspecified atom stereocenters. The van der Waals surface area contributed by atoms with Crippen LogP contribution in [0.2, 0.25) is 0 Å². The highest BCUT2D eigenvalue weighted by Gasteiger charge is 2.47. The third-order valence-corrected chi connectivity index (χ3v) is 9.38. The van der Waals surface area contributed by atoms with Crippen LogP contribution in [-0.4, -0.2) is 25.8 Å². The van der Waals surface area contributed by atoms with Crippen molar-refractivity contribution in [1.82, 2.24) is 0 Å². The molecule has 0 fully saturated rings. The van der Waals surface area contributed by atoms with Crippen molar-refractivity contribution in [1.29, 1.82) is 0 Å². The molecule has 220 valence electrons. The van der Waals surface area contributed by atoms with Crippen LogP contribution in [0.4, 0.5) is 5.69 Å². The van der Waals surface area contributed by atoms with Crippen LogP contribution in [-0.2, 0) is 9.59 Å². The second-order valence-corrected chi connectivity index (χ2v) is 11.8. The van der Waals surface area contributed by atoms with E-state index in [0.29, 0.717) is 37.2 Å². The maximum Gasteiger partial charge on any atom is 0.162 e. The SMILES string of the molecule is COc1ccc(C2C3=C(CC(c4ccccc4)CC3=O)N(c3ccccc3)C3=C2C(=O)CC(c2ccccc2)C3)cc1OC. The van der Waals surface area contributed by atoms with Gasteiger partial charge < -0.3 is 14.4 Å². The van der Waals surface area contributed by atoms with Crippen LogP contribution in [0.1, 0.15) is 60.1 Å². The first-order valence-electron chi connectivity index (χ1n) is 15.3. The Balaban J connectivity index is 1.47. The van der Waals surface area contributed by atoms with Gasteiger partial charge in [0, 0.05) is 47.0 Å². The van der Waals surface area contributed by atoms with Gasteiger partial charge in [0.1, 0.15) is 0 Å². The van der Waals surface area contributed by atoms with Crippen molar-refractivity contribution in [3.63, 3.8) is 0 Å². The van der Waals surface area contributed by atoms with E-state index >= 15 is 0 Å². The molecule has 0 aromatic heterocycles. The van der Waals surface area contributed by atoms with Crippen LogP contribution in [0.3, 0.4) is 0 Å². The third-order valence-electron chi connectivity index (χ3n) is 9.38. The van der Waals surface area contributed by atoms with E-state index < -0.39 is 5.92 Å². The Morgan fingerprint density at radius 2 is 1.02 bits per heavy atom. The summed E-state index contributed by atoms with van der Waals surface area (Å²) < 4.78 is 11.2. The molecular weight excluding hydrogens is 546 g/mol. The number of benzene rings is 4. The molecule has 2 aliphatic carbocycles. The largest absolute Gasteiger partial charge is 0.493 e. The van der Waals surface area contributed by atoms with E-state index in [2.05, 4.69) is 41.3 Å². The zero-order valence-electron chi connectivity index (χ0n) is 25.0. The Hall–Kier alpha value is -4.90. The van der Waals surface area contributed by atoms with Crippen LogP contribution in [0, 0.1) is 0 Å². The van der Waals surface area contributed by atoms with Gasteiger partial charge in [-0.1, -0.05) is 84.9 Å². The molecule has 4 aromatic rings. The summed E-state index contributed by atoms with van der Waals surface area (Å²) in [4.78, 5) is 31.1. The van der Waals surface area contributed by atoms with E-state index in [1.807, 2.05) is 72.8 Å². The maximum atomic E-state index is 14.4. The van der Waals surface area contributed by atoms with Gasteiger partial charge in [0.25, 0.3) is 0 Å². The number of allylic oxidation sites excluding steroid dienone is 4. The second kappa shape index (κ2) is 11.6. The Morgan fingerprint density at radius 1 is 0.545 bits per heavy atom. The monoisotopic (exact) mass is 581 g/mol. The average Bonchev–Trinajstić information content (AvgIpc) is 3.08. The Morgan fingerprint density at radius 3 is 1.50 bits per heavy atom. The van der Waals surface area contributed by atoms with E-state index in [1.165, 1.54) is 0 Å². The van der Waals surface area contributed by atoms with Crippen molar-refractivity contribution in [2.45, 2.75) is 43.4 Å². The third kappa shape index (κ3) is 4.83. The summed E-state index contributed by atoms with van der Waals surface area (Å²) in [5.41, 5.74) is 7.57. The highest BCUT2D eigenvalue weighted by Crippen LogP contribution is 2.54. The molecule has 0 saturated heterocycles. The molecule has 5 heteroatoms. The summed E-state index contributed by atoms with van der Waals surface area (Å²) in [6.07, 6.45) is 2.20. The highest BCUT2D eigenvalue weighted by atomic mass is 16.5. The quantitative estimate of drug-likeness (QED) is 0.230. The number of methoxy groups -OCH3 is 2. The van der Waals surface area contributed by atoms with Crippen LogP contribution in [0.25, 0.3) is 0 Å². The van der Waals surface area contributed by atoms with Crippen LogP contribution in [0.15, 0.2) is 132 Å². The van der Waals surface area contributed by atoms with Gasteiger partial charge in [-0.2, -0.15) is 0 Å².